The van der Waals surface area contributed by atoms with Gasteiger partial charge in [0.2, 0.25) is 0 Å². The molecule has 0 aromatic rings. The highest BCUT2D eigenvalue weighted by molar-refractivity contribution is 5.25. The Hall–Kier alpha value is -0.640. The highest BCUT2D eigenvalue weighted by Gasteiger charge is 2.48. The van der Waals surface area contributed by atoms with Gasteiger partial charge >= 0.3 is 0 Å². The van der Waals surface area contributed by atoms with E-state index in [2.05, 4.69) is 30.9 Å². The van der Waals surface area contributed by atoms with E-state index >= 15 is 0 Å². The maximum absolute atomic E-state index is 9.96. The molecule has 3 nitrogen and oxygen atoms in total. The quantitative estimate of drug-likeness (QED) is 0.661. The Morgan fingerprint density at radius 2 is 2.07 bits per heavy atom. The largest absolute Gasteiger partial charge is 0.393 e. The monoisotopic (exact) mass is 401 g/mol. The number of aliphatic hydroxyl groups excluding tert-OH is 1. The lowest BCUT2D eigenvalue weighted by Gasteiger charge is -2.43. The van der Waals surface area contributed by atoms with Gasteiger partial charge in [0.1, 0.15) is 0 Å². The van der Waals surface area contributed by atoms with Gasteiger partial charge in [0.25, 0.3) is 0 Å². The minimum absolute atomic E-state index is 0.102. The molecule has 3 heteroatoms. The van der Waals surface area contributed by atoms with Crippen LogP contribution in [0.1, 0.15) is 84.5 Å². The zero-order chi connectivity index (χ0) is 20.3. The van der Waals surface area contributed by atoms with Gasteiger partial charge < -0.3 is 9.84 Å². The summed E-state index contributed by atoms with van der Waals surface area (Å²) in [6.07, 6.45) is 18.6. The Labute approximate surface area is 178 Å². The van der Waals surface area contributed by atoms with Crippen molar-refractivity contribution in [1.29, 1.82) is 0 Å². The van der Waals surface area contributed by atoms with Crippen molar-refractivity contribution in [2.24, 2.45) is 17.3 Å². The number of aliphatic hydroxyl groups is 1. The van der Waals surface area contributed by atoms with Crippen LogP contribution in [-0.2, 0) is 4.74 Å². The summed E-state index contributed by atoms with van der Waals surface area (Å²) >= 11 is 0. The van der Waals surface area contributed by atoms with Crippen molar-refractivity contribution in [3.05, 3.63) is 23.3 Å². The summed E-state index contributed by atoms with van der Waals surface area (Å²) in [5, 5.41) is 9.96. The second kappa shape index (κ2) is 9.66. The first-order valence-corrected chi connectivity index (χ1v) is 12.4. The minimum atomic E-state index is -0.102. The molecule has 0 aromatic heterocycles. The maximum atomic E-state index is 9.96. The number of hydrogen-bond acceptors (Lipinski definition) is 3. The number of rotatable bonds is 5. The molecule has 3 saturated carbocycles. The van der Waals surface area contributed by atoms with Crippen LogP contribution in [0.5, 0.6) is 0 Å². The maximum Gasteiger partial charge on any atom is 0.0619 e. The number of allylic oxidation sites excluding steroid dienone is 3. The number of fused-ring (bicyclic) bond motifs is 1. The molecule has 0 bridgehead atoms. The lowest BCUT2D eigenvalue weighted by Crippen LogP contribution is -2.44. The summed E-state index contributed by atoms with van der Waals surface area (Å²) in [5.41, 5.74) is 3.71. The summed E-state index contributed by atoms with van der Waals surface area (Å²) in [7, 11) is 0. The van der Waals surface area contributed by atoms with Crippen molar-refractivity contribution >= 4 is 0 Å². The van der Waals surface area contributed by atoms with Crippen LogP contribution in [0.4, 0.5) is 0 Å². The van der Waals surface area contributed by atoms with Crippen molar-refractivity contribution in [3.8, 4) is 0 Å². The normalized spacial score (nSPS) is 41.8. The van der Waals surface area contributed by atoms with Crippen molar-refractivity contribution in [1.82, 2.24) is 4.90 Å². The Balaban J connectivity index is 1.34. The van der Waals surface area contributed by atoms with Crippen LogP contribution in [0.2, 0.25) is 0 Å². The second-order valence-corrected chi connectivity index (χ2v) is 10.6. The third-order valence-corrected chi connectivity index (χ3v) is 8.73. The van der Waals surface area contributed by atoms with E-state index in [1.165, 1.54) is 63.5 Å². The first-order valence-electron chi connectivity index (χ1n) is 12.4. The van der Waals surface area contributed by atoms with E-state index < -0.39 is 0 Å². The molecular formula is C26H43NO2. The molecule has 4 fully saturated rings. The third-order valence-electron chi connectivity index (χ3n) is 8.73. The summed E-state index contributed by atoms with van der Waals surface area (Å²) in [5.74, 6) is 1.70. The van der Waals surface area contributed by atoms with Gasteiger partial charge in [-0.05, 0) is 101 Å². The van der Waals surface area contributed by atoms with Crippen LogP contribution in [0, 0.1) is 17.3 Å². The Morgan fingerprint density at radius 3 is 2.90 bits per heavy atom. The van der Waals surface area contributed by atoms with Gasteiger partial charge in [0, 0.05) is 12.6 Å². The molecule has 0 amide bonds. The van der Waals surface area contributed by atoms with Gasteiger partial charge in [-0.3, -0.25) is 4.90 Å². The van der Waals surface area contributed by atoms with Gasteiger partial charge in [-0.25, -0.2) is 0 Å². The van der Waals surface area contributed by atoms with Crippen LogP contribution in [-0.4, -0.2) is 48.5 Å². The molecule has 5 atom stereocenters. The van der Waals surface area contributed by atoms with E-state index in [1.54, 1.807) is 5.57 Å². The first-order chi connectivity index (χ1) is 14.1. The van der Waals surface area contributed by atoms with Crippen LogP contribution in [0.15, 0.2) is 23.3 Å². The molecule has 1 saturated heterocycles. The predicted octanol–water partition coefficient (Wildman–Crippen LogP) is 5.49. The smallest absolute Gasteiger partial charge is 0.0619 e. The molecule has 4 unspecified atom stereocenters. The van der Waals surface area contributed by atoms with Crippen molar-refractivity contribution < 1.29 is 9.84 Å². The summed E-state index contributed by atoms with van der Waals surface area (Å²) in [6, 6.07) is 0.589. The molecule has 1 heterocycles. The second-order valence-electron chi connectivity index (χ2n) is 10.6. The number of hydrogen-bond donors (Lipinski definition) is 1. The molecule has 29 heavy (non-hydrogen) atoms. The van der Waals surface area contributed by atoms with Crippen molar-refractivity contribution in [2.75, 3.05) is 26.3 Å². The Kier molecular flexibility index (Phi) is 7.19. The molecule has 3 aliphatic carbocycles. The molecular weight excluding hydrogens is 358 g/mol. The summed E-state index contributed by atoms with van der Waals surface area (Å²) in [6.45, 7) is 9.10. The van der Waals surface area contributed by atoms with Gasteiger partial charge in [0.15, 0.2) is 0 Å². The van der Waals surface area contributed by atoms with Crippen molar-refractivity contribution in [2.45, 2.75) is 96.6 Å². The molecule has 4 aliphatic rings. The van der Waals surface area contributed by atoms with E-state index in [0.717, 1.165) is 50.9 Å². The fourth-order valence-electron chi connectivity index (χ4n) is 6.90. The molecule has 1 N–H and O–H groups in total. The zero-order valence-electron chi connectivity index (χ0n) is 18.9. The highest BCUT2D eigenvalue weighted by Crippen LogP contribution is 2.58. The summed E-state index contributed by atoms with van der Waals surface area (Å²) < 4.78 is 5.60. The van der Waals surface area contributed by atoms with E-state index in [9.17, 15) is 5.11 Å². The Bertz CT molecular complexity index is 612. The van der Waals surface area contributed by atoms with Crippen LogP contribution < -0.4 is 0 Å². The lowest BCUT2D eigenvalue weighted by molar-refractivity contribution is -0.00228. The summed E-state index contributed by atoms with van der Waals surface area (Å²) in [4.78, 5) is 2.63. The lowest BCUT2D eigenvalue weighted by atomic mass is 9.62. The molecule has 4 rings (SSSR count). The fourth-order valence-corrected chi connectivity index (χ4v) is 6.90. The van der Waals surface area contributed by atoms with E-state index in [-0.39, 0.29) is 6.10 Å². The number of morpholine rings is 1. The van der Waals surface area contributed by atoms with E-state index in [1.807, 2.05) is 0 Å². The number of nitrogens with zero attached hydrogens (tertiary/aromatic N) is 1. The predicted molar refractivity (Wildman–Crippen MR) is 120 cm³/mol. The first kappa shape index (κ1) is 21.6. The standard InChI is InChI=1S/C26H43NO2/c1-20-19-29-17-16-27(20)15-5-8-23-12-13-25-22(7-4-14-26(23,25)2)11-10-21-6-3-9-24(28)18-21/h10-11,20,23-25,28H,3-9,12-19H2,1-2H3/b21-10-,22-11+/t20-,23?,24?,25?,26?/m0/s1. The average Bonchev–Trinajstić information content (AvgIpc) is 3.05. The third kappa shape index (κ3) is 4.99. The Morgan fingerprint density at radius 1 is 1.17 bits per heavy atom. The average molecular weight is 402 g/mol. The van der Waals surface area contributed by atoms with Crippen molar-refractivity contribution in [3.63, 3.8) is 0 Å². The SMILES string of the molecule is C[C@H]1COCCN1CCCC1CCC2/C(=C/C=C3/CCCC(O)C3)CCCC12C. The van der Waals surface area contributed by atoms with E-state index in [0.29, 0.717) is 11.5 Å². The van der Waals surface area contributed by atoms with Gasteiger partial charge in [-0.1, -0.05) is 30.2 Å². The van der Waals surface area contributed by atoms with Gasteiger partial charge in [0.05, 0.1) is 19.3 Å². The zero-order valence-corrected chi connectivity index (χ0v) is 18.9. The van der Waals surface area contributed by atoms with Crippen LogP contribution in [0.3, 0.4) is 0 Å². The fraction of sp³-hybridized carbons (Fsp3) is 0.846. The molecule has 0 spiro atoms. The van der Waals surface area contributed by atoms with Gasteiger partial charge in [-0.15, -0.1) is 0 Å². The van der Waals surface area contributed by atoms with Crippen LogP contribution >= 0.6 is 0 Å². The highest BCUT2D eigenvalue weighted by atomic mass is 16.5. The van der Waals surface area contributed by atoms with Gasteiger partial charge in [-0.2, -0.15) is 0 Å². The molecule has 1 aliphatic heterocycles. The topological polar surface area (TPSA) is 32.7 Å². The molecule has 0 aromatic carbocycles. The van der Waals surface area contributed by atoms with Crippen LogP contribution in [0.25, 0.3) is 0 Å². The number of ether oxygens (including phenoxy) is 1. The molecule has 164 valence electrons. The van der Waals surface area contributed by atoms with E-state index in [4.69, 9.17) is 4.74 Å². The molecule has 0 radical (unpaired) electrons. The minimum Gasteiger partial charge on any atom is -0.393 e.